The van der Waals surface area contributed by atoms with Gasteiger partial charge >= 0.3 is 0 Å². The standard InChI is InChI=1S/C18H21F2N3O2/c1-5-18(3,4)22-16(23-24)13-8-6-11(2)21-17(13)25-12-7-9-14(19)15(20)10-12/h6-10,24H,5H2,1-4H3,(H,22,23). The third kappa shape index (κ3) is 4.73. The first kappa shape index (κ1) is 18.8. The molecule has 0 aliphatic heterocycles. The second-order valence-electron chi connectivity index (χ2n) is 6.22. The Hall–Kier alpha value is -2.54. The van der Waals surface area contributed by atoms with Crippen LogP contribution in [0.25, 0.3) is 0 Å². The van der Waals surface area contributed by atoms with E-state index in [1.165, 1.54) is 6.07 Å². The lowest BCUT2D eigenvalue weighted by Crippen LogP contribution is -2.27. The maximum atomic E-state index is 13.4. The predicted octanol–water partition coefficient (Wildman–Crippen LogP) is 4.37. The van der Waals surface area contributed by atoms with E-state index in [1.807, 2.05) is 20.8 Å². The first-order chi connectivity index (χ1) is 11.8. The van der Waals surface area contributed by atoms with Crippen LogP contribution in [0.2, 0.25) is 0 Å². The Morgan fingerprint density at radius 1 is 1.24 bits per heavy atom. The number of aromatic nitrogens is 1. The second-order valence-corrected chi connectivity index (χ2v) is 6.22. The zero-order valence-corrected chi connectivity index (χ0v) is 14.6. The monoisotopic (exact) mass is 349 g/mol. The molecule has 0 saturated heterocycles. The molecule has 1 heterocycles. The molecule has 0 aliphatic rings. The van der Waals surface area contributed by atoms with Crippen LogP contribution < -0.4 is 10.2 Å². The Morgan fingerprint density at radius 3 is 2.56 bits per heavy atom. The van der Waals surface area contributed by atoms with E-state index < -0.39 is 17.2 Å². The lowest BCUT2D eigenvalue weighted by molar-refractivity contribution is 0.232. The first-order valence-corrected chi connectivity index (χ1v) is 7.86. The second kappa shape index (κ2) is 7.57. The number of halogens is 2. The number of ether oxygens (including phenoxy) is 1. The molecule has 0 amide bonds. The normalized spacial score (nSPS) is 12.2. The minimum Gasteiger partial charge on any atom is -0.438 e. The number of aryl methyl sites for hydroxylation is 1. The number of nitrogens with zero attached hydrogens (tertiary/aromatic N) is 2. The maximum Gasteiger partial charge on any atom is 0.230 e. The van der Waals surface area contributed by atoms with Crippen LogP contribution in [0.4, 0.5) is 8.78 Å². The maximum absolute atomic E-state index is 13.4. The Balaban J connectivity index is 2.47. The highest BCUT2D eigenvalue weighted by atomic mass is 19.2. The molecule has 2 rings (SSSR count). The van der Waals surface area contributed by atoms with E-state index in [4.69, 9.17) is 4.74 Å². The van der Waals surface area contributed by atoms with Gasteiger partial charge in [-0.05, 0) is 51.5 Å². The number of hydroxylamine groups is 1. The molecule has 2 N–H and O–H groups in total. The summed E-state index contributed by atoms with van der Waals surface area (Å²) in [5, 5.41) is 9.50. The summed E-state index contributed by atoms with van der Waals surface area (Å²) in [5.74, 6) is -1.60. The van der Waals surface area contributed by atoms with Crippen molar-refractivity contribution in [3.63, 3.8) is 0 Å². The molecule has 1 aromatic carbocycles. The summed E-state index contributed by atoms with van der Waals surface area (Å²) >= 11 is 0. The van der Waals surface area contributed by atoms with Gasteiger partial charge in [0.05, 0.1) is 11.1 Å². The van der Waals surface area contributed by atoms with Crippen molar-refractivity contribution < 1.29 is 18.7 Å². The summed E-state index contributed by atoms with van der Waals surface area (Å²) < 4.78 is 32.1. The third-order valence-electron chi connectivity index (χ3n) is 3.75. The highest BCUT2D eigenvalue weighted by Gasteiger charge is 2.19. The number of aliphatic imine (C=N–C) groups is 1. The molecule has 0 aliphatic carbocycles. The fourth-order valence-corrected chi connectivity index (χ4v) is 1.97. The van der Waals surface area contributed by atoms with Gasteiger partial charge in [0, 0.05) is 11.8 Å². The van der Waals surface area contributed by atoms with Crippen LogP contribution in [0, 0.1) is 18.6 Å². The van der Waals surface area contributed by atoms with Crippen molar-refractivity contribution in [3.05, 3.63) is 53.2 Å². The fraction of sp³-hybridized carbons (Fsp3) is 0.333. The summed E-state index contributed by atoms with van der Waals surface area (Å²) in [6.45, 7) is 7.58. The van der Waals surface area contributed by atoms with E-state index in [0.717, 1.165) is 18.6 Å². The molecule has 7 heteroatoms. The van der Waals surface area contributed by atoms with Crippen LogP contribution in [0.3, 0.4) is 0 Å². The Kier molecular flexibility index (Phi) is 5.69. The molecule has 1 aromatic heterocycles. The summed E-state index contributed by atoms with van der Waals surface area (Å²) in [6, 6.07) is 6.62. The first-order valence-electron chi connectivity index (χ1n) is 7.86. The molecule has 134 valence electrons. The van der Waals surface area contributed by atoms with Crippen LogP contribution >= 0.6 is 0 Å². The lowest BCUT2D eigenvalue weighted by Gasteiger charge is -2.20. The number of rotatable bonds is 5. The molecule has 5 nitrogen and oxygen atoms in total. The Morgan fingerprint density at radius 2 is 1.96 bits per heavy atom. The largest absolute Gasteiger partial charge is 0.438 e. The smallest absolute Gasteiger partial charge is 0.230 e. The van der Waals surface area contributed by atoms with Gasteiger partial charge in [-0.3, -0.25) is 15.7 Å². The SMILES string of the molecule is CCC(C)(C)N=C(NO)c1ccc(C)nc1Oc1ccc(F)c(F)c1. The molecule has 0 atom stereocenters. The van der Waals surface area contributed by atoms with Gasteiger partial charge in [0.2, 0.25) is 5.88 Å². The Bertz CT molecular complexity index is 792. The van der Waals surface area contributed by atoms with Gasteiger partial charge < -0.3 is 4.74 Å². The lowest BCUT2D eigenvalue weighted by atomic mass is 10.0. The quantitative estimate of drug-likeness (QED) is 0.478. The predicted molar refractivity (Wildman–Crippen MR) is 91.2 cm³/mol. The average molecular weight is 349 g/mol. The van der Waals surface area contributed by atoms with Gasteiger partial charge in [-0.15, -0.1) is 0 Å². The molecule has 0 unspecified atom stereocenters. The molecule has 2 aromatic rings. The van der Waals surface area contributed by atoms with Gasteiger partial charge in [0.15, 0.2) is 17.5 Å². The summed E-state index contributed by atoms with van der Waals surface area (Å²) in [4.78, 5) is 8.76. The number of hydrogen-bond acceptors (Lipinski definition) is 4. The molecule has 0 bridgehead atoms. The van der Waals surface area contributed by atoms with Gasteiger partial charge in [0.25, 0.3) is 0 Å². The van der Waals surface area contributed by atoms with Crippen molar-refractivity contribution in [2.75, 3.05) is 0 Å². The van der Waals surface area contributed by atoms with Crippen LogP contribution in [0.1, 0.15) is 38.4 Å². The van der Waals surface area contributed by atoms with E-state index in [-0.39, 0.29) is 17.5 Å². The topological polar surface area (TPSA) is 66.7 Å². The zero-order valence-electron chi connectivity index (χ0n) is 14.6. The van der Waals surface area contributed by atoms with Crippen LogP contribution in [-0.2, 0) is 0 Å². The molecule has 0 fully saturated rings. The molecular weight excluding hydrogens is 328 g/mol. The zero-order chi connectivity index (χ0) is 18.6. The molecule has 25 heavy (non-hydrogen) atoms. The molecule has 0 saturated carbocycles. The minimum atomic E-state index is -1.02. The van der Waals surface area contributed by atoms with Crippen molar-refractivity contribution in [1.82, 2.24) is 10.5 Å². The summed E-state index contributed by atoms with van der Waals surface area (Å²) in [7, 11) is 0. The van der Waals surface area contributed by atoms with Gasteiger partial charge in [-0.1, -0.05) is 6.92 Å². The third-order valence-corrected chi connectivity index (χ3v) is 3.75. The van der Waals surface area contributed by atoms with Crippen molar-refractivity contribution in [3.8, 4) is 11.6 Å². The minimum absolute atomic E-state index is 0.0882. The Labute approximate surface area is 145 Å². The number of nitrogens with one attached hydrogen (secondary N) is 1. The van der Waals surface area contributed by atoms with E-state index in [0.29, 0.717) is 11.3 Å². The number of benzene rings is 1. The van der Waals surface area contributed by atoms with Crippen LogP contribution in [0.15, 0.2) is 35.3 Å². The van der Waals surface area contributed by atoms with E-state index in [1.54, 1.807) is 19.1 Å². The summed E-state index contributed by atoms with van der Waals surface area (Å²) in [6.07, 6.45) is 0.747. The highest BCUT2D eigenvalue weighted by molar-refractivity contribution is 6.00. The van der Waals surface area contributed by atoms with Gasteiger partial charge in [-0.2, -0.15) is 0 Å². The van der Waals surface area contributed by atoms with Gasteiger partial charge in [0.1, 0.15) is 5.75 Å². The van der Waals surface area contributed by atoms with Crippen LogP contribution in [0.5, 0.6) is 11.6 Å². The van der Waals surface area contributed by atoms with E-state index >= 15 is 0 Å². The highest BCUT2D eigenvalue weighted by Crippen LogP contribution is 2.26. The van der Waals surface area contributed by atoms with Crippen molar-refractivity contribution in [2.24, 2.45) is 4.99 Å². The van der Waals surface area contributed by atoms with E-state index in [2.05, 4.69) is 15.5 Å². The average Bonchev–Trinajstić information content (AvgIpc) is 2.57. The van der Waals surface area contributed by atoms with Crippen molar-refractivity contribution in [1.29, 1.82) is 0 Å². The van der Waals surface area contributed by atoms with Gasteiger partial charge in [-0.25, -0.2) is 13.8 Å². The molecule has 0 radical (unpaired) electrons. The van der Waals surface area contributed by atoms with Crippen LogP contribution in [-0.4, -0.2) is 21.6 Å². The number of hydrogen-bond donors (Lipinski definition) is 2. The fourth-order valence-electron chi connectivity index (χ4n) is 1.97. The molecule has 0 spiro atoms. The van der Waals surface area contributed by atoms with Crippen molar-refractivity contribution in [2.45, 2.75) is 39.7 Å². The molecular formula is C18H21F2N3O2. The van der Waals surface area contributed by atoms with E-state index in [9.17, 15) is 14.0 Å². The summed E-state index contributed by atoms with van der Waals surface area (Å²) in [5.41, 5.74) is 2.71. The van der Waals surface area contributed by atoms with Crippen molar-refractivity contribution >= 4 is 5.84 Å². The number of amidine groups is 1. The number of pyridine rings is 1.